The Morgan fingerprint density at radius 1 is 1.29 bits per heavy atom. The Bertz CT molecular complexity index is 664. The van der Waals surface area contributed by atoms with Gasteiger partial charge in [-0.3, -0.25) is 0 Å². The molecule has 0 fully saturated rings. The van der Waals surface area contributed by atoms with E-state index in [2.05, 4.69) is 34.2 Å². The fourth-order valence-corrected chi connectivity index (χ4v) is 2.64. The number of para-hydroxylation sites is 1. The zero-order chi connectivity index (χ0) is 15.2. The van der Waals surface area contributed by atoms with E-state index in [-0.39, 0.29) is 6.04 Å². The van der Waals surface area contributed by atoms with Crippen molar-refractivity contribution < 1.29 is 4.74 Å². The maximum atomic E-state index is 9.26. The third-order valence-electron chi connectivity index (χ3n) is 3.35. The molecule has 1 unspecified atom stereocenters. The highest BCUT2D eigenvalue weighted by Crippen LogP contribution is 2.31. The lowest BCUT2D eigenvalue weighted by Crippen LogP contribution is -2.12. The molecular formula is C17H17BrN2O. The molecular weight excluding hydrogens is 328 g/mol. The molecule has 2 aromatic carbocycles. The second kappa shape index (κ2) is 7.14. The summed E-state index contributed by atoms with van der Waals surface area (Å²) >= 11 is 3.39. The van der Waals surface area contributed by atoms with Crippen LogP contribution in [0.5, 0.6) is 5.75 Å². The summed E-state index contributed by atoms with van der Waals surface area (Å²) in [5.74, 6) is 0.854. The van der Waals surface area contributed by atoms with Crippen LogP contribution in [0, 0.1) is 11.3 Å². The molecule has 1 atom stereocenters. The van der Waals surface area contributed by atoms with Crippen LogP contribution in [0.2, 0.25) is 0 Å². The molecule has 0 saturated heterocycles. The minimum Gasteiger partial charge on any atom is -0.496 e. The van der Waals surface area contributed by atoms with E-state index in [9.17, 15) is 5.26 Å². The quantitative estimate of drug-likeness (QED) is 0.839. The number of nitrogens with zero attached hydrogens (tertiary/aromatic N) is 1. The Balaban J connectivity index is 2.34. The van der Waals surface area contributed by atoms with Gasteiger partial charge in [0, 0.05) is 10.0 Å². The number of rotatable bonds is 5. The maximum absolute atomic E-state index is 9.26. The Morgan fingerprint density at radius 2 is 2.05 bits per heavy atom. The predicted octanol–water partition coefficient (Wildman–Crippen LogP) is 4.89. The van der Waals surface area contributed by atoms with Crippen LogP contribution < -0.4 is 10.1 Å². The van der Waals surface area contributed by atoms with Crippen molar-refractivity contribution in [1.82, 2.24) is 0 Å². The first-order valence-corrected chi connectivity index (χ1v) is 7.58. The molecule has 0 spiro atoms. The SMILES string of the molecule is CCC(Nc1ccc(Br)cc1C#N)c1ccccc1OC. The largest absolute Gasteiger partial charge is 0.496 e. The molecule has 0 aliphatic rings. The second-order valence-electron chi connectivity index (χ2n) is 4.65. The molecule has 0 bridgehead atoms. The van der Waals surface area contributed by atoms with Gasteiger partial charge in [0.05, 0.1) is 24.4 Å². The summed E-state index contributed by atoms with van der Waals surface area (Å²) in [6.45, 7) is 2.11. The minimum absolute atomic E-state index is 0.0921. The monoisotopic (exact) mass is 344 g/mol. The van der Waals surface area contributed by atoms with Crippen LogP contribution in [0.15, 0.2) is 46.9 Å². The summed E-state index contributed by atoms with van der Waals surface area (Å²) in [6, 6.07) is 15.9. The minimum atomic E-state index is 0.0921. The number of nitrogens with one attached hydrogen (secondary N) is 1. The van der Waals surface area contributed by atoms with E-state index < -0.39 is 0 Å². The molecule has 0 radical (unpaired) electrons. The van der Waals surface area contributed by atoms with Crippen molar-refractivity contribution in [2.75, 3.05) is 12.4 Å². The average molecular weight is 345 g/mol. The lowest BCUT2D eigenvalue weighted by atomic mass is 10.0. The number of nitriles is 1. The maximum Gasteiger partial charge on any atom is 0.124 e. The van der Waals surface area contributed by atoms with Crippen molar-refractivity contribution in [3.05, 3.63) is 58.1 Å². The first-order chi connectivity index (χ1) is 10.2. The summed E-state index contributed by atoms with van der Waals surface area (Å²) in [5, 5.41) is 12.7. The molecule has 2 rings (SSSR count). The Hall–Kier alpha value is -1.99. The van der Waals surface area contributed by atoms with E-state index in [1.807, 2.05) is 42.5 Å². The van der Waals surface area contributed by atoms with Gasteiger partial charge in [-0.2, -0.15) is 5.26 Å². The van der Waals surface area contributed by atoms with Crippen LogP contribution in [0.1, 0.15) is 30.5 Å². The van der Waals surface area contributed by atoms with E-state index in [0.717, 1.165) is 27.9 Å². The van der Waals surface area contributed by atoms with Crippen molar-refractivity contribution in [3.8, 4) is 11.8 Å². The zero-order valence-electron chi connectivity index (χ0n) is 12.1. The number of halogens is 1. The number of methoxy groups -OCH3 is 1. The highest BCUT2D eigenvalue weighted by molar-refractivity contribution is 9.10. The van der Waals surface area contributed by atoms with Gasteiger partial charge >= 0.3 is 0 Å². The molecule has 108 valence electrons. The number of hydrogen-bond donors (Lipinski definition) is 1. The van der Waals surface area contributed by atoms with Gasteiger partial charge in [-0.15, -0.1) is 0 Å². The summed E-state index contributed by atoms with van der Waals surface area (Å²) in [5.41, 5.74) is 2.55. The summed E-state index contributed by atoms with van der Waals surface area (Å²) in [6.07, 6.45) is 0.890. The van der Waals surface area contributed by atoms with Crippen molar-refractivity contribution >= 4 is 21.6 Å². The van der Waals surface area contributed by atoms with Gasteiger partial charge in [0.1, 0.15) is 11.8 Å². The molecule has 0 heterocycles. The van der Waals surface area contributed by atoms with Crippen molar-refractivity contribution in [2.24, 2.45) is 0 Å². The predicted molar refractivity (Wildman–Crippen MR) is 88.5 cm³/mol. The standard InChI is InChI=1S/C17H17BrN2O/c1-3-15(14-6-4-5-7-17(14)21-2)20-16-9-8-13(18)10-12(16)11-19/h4-10,15,20H,3H2,1-2H3. The van der Waals surface area contributed by atoms with Crippen LogP contribution in [0.3, 0.4) is 0 Å². The highest BCUT2D eigenvalue weighted by Gasteiger charge is 2.15. The molecule has 2 aromatic rings. The number of ether oxygens (including phenoxy) is 1. The van der Waals surface area contributed by atoms with E-state index >= 15 is 0 Å². The van der Waals surface area contributed by atoms with E-state index in [0.29, 0.717) is 5.56 Å². The molecule has 0 aliphatic carbocycles. The molecule has 0 saturated carbocycles. The van der Waals surface area contributed by atoms with Crippen molar-refractivity contribution in [2.45, 2.75) is 19.4 Å². The van der Waals surface area contributed by atoms with Gasteiger partial charge in [0.2, 0.25) is 0 Å². The Kier molecular flexibility index (Phi) is 5.24. The van der Waals surface area contributed by atoms with Crippen LogP contribution in [0.25, 0.3) is 0 Å². The molecule has 0 amide bonds. The fraction of sp³-hybridized carbons (Fsp3) is 0.235. The molecule has 0 aliphatic heterocycles. The molecule has 4 heteroatoms. The van der Waals surface area contributed by atoms with Gasteiger partial charge in [-0.25, -0.2) is 0 Å². The van der Waals surface area contributed by atoms with Gasteiger partial charge < -0.3 is 10.1 Å². The normalized spacial score (nSPS) is 11.5. The van der Waals surface area contributed by atoms with Crippen LogP contribution in [-0.4, -0.2) is 7.11 Å². The third kappa shape index (κ3) is 3.56. The van der Waals surface area contributed by atoms with E-state index in [1.54, 1.807) is 7.11 Å². The Labute approximate surface area is 133 Å². The number of hydrogen-bond acceptors (Lipinski definition) is 3. The molecule has 21 heavy (non-hydrogen) atoms. The average Bonchev–Trinajstić information content (AvgIpc) is 2.53. The smallest absolute Gasteiger partial charge is 0.124 e. The lowest BCUT2D eigenvalue weighted by molar-refractivity contribution is 0.406. The molecule has 1 N–H and O–H groups in total. The van der Waals surface area contributed by atoms with E-state index in [1.165, 1.54) is 0 Å². The van der Waals surface area contributed by atoms with Crippen molar-refractivity contribution in [3.63, 3.8) is 0 Å². The summed E-state index contributed by atoms with van der Waals surface area (Å²) in [4.78, 5) is 0. The number of benzene rings is 2. The first kappa shape index (κ1) is 15.4. The zero-order valence-corrected chi connectivity index (χ0v) is 13.6. The fourth-order valence-electron chi connectivity index (χ4n) is 2.28. The third-order valence-corrected chi connectivity index (χ3v) is 3.85. The molecule has 0 aromatic heterocycles. The Morgan fingerprint density at radius 3 is 2.71 bits per heavy atom. The van der Waals surface area contributed by atoms with Crippen LogP contribution in [-0.2, 0) is 0 Å². The van der Waals surface area contributed by atoms with E-state index in [4.69, 9.17) is 4.74 Å². The van der Waals surface area contributed by atoms with Gasteiger partial charge in [-0.1, -0.05) is 41.1 Å². The van der Waals surface area contributed by atoms with Gasteiger partial charge in [0.25, 0.3) is 0 Å². The topological polar surface area (TPSA) is 45.0 Å². The van der Waals surface area contributed by atoms with Crippen molar-refractivity contribution in [1.29, 1.82) is 5.26 Å². The van der Waals surface area contributed by atoms with Crippen LogP contribution >= 0.6 is 15.9 Å². The second-order valence-corrected chi connectivity index (χ2v) is 5.56. The number of anilines is 1. The van der Waals surface area contributed by atoms with Gasteiger partial charge in [0.15, 0.2) is 0 Å². The highest BCUT2D eigenvalue weighted by atomic mass is 79.9. The lowest BCUT2D eigenvalue weighted by Gasteiger charge is -2.21. The summed E-state index contributed by atoms with van der Waals surface area (Å²) in [7, 11) is 1.67. The van der Waals surface area contributed by atoms with Gasteiger partial charge in [-0.05, 0) is 30.7 Å². The summed E-state index contributed by atoms with van der Waals surface area (Å²) < 4.78 is 6.33. The first-order valence-electron chi connectivity index (χ1n) is 6.78. The molecule has 3 nitrogen and oxygen atoms in total. The van der Waals surface area contributed by atoms with Crippen LogP contribution in [0.4, 0.5) is 5.69 Å².